The van der Waals surface area contributed by atoms with E-state index in [-0.39, 0.29) is 0 Å². The van der Waals surface area contributed by atoms with E-state index in [0.29, 0.717) is 0 Å². The molecular formula is C14H16. The monoisotopic (exact) mass is 184 g/mol. The summed E-state index contributed by atoms with van der Waals surface area (Å²) in [5.74, 6) is 0. The molecule has 0 N–H and O–H groups in total. The average molecular weight is 184 g/mol. The van der Waals surface area contributed by atoms with Gasteiger partial charge >= 0.3 is 0 Å². The van der Waals surface area contributed by atoms with Crippen LogP contribution in [0.25, 0.3) is 6.08 Å². The molecule has 1 aromatic carbocycles. The highest BCUT2D eigenvalue weighted by Crippen LogP contribution is 2.06. The first-order chi connectivity index (χ1) is 6.83. The smallest absolute Gasteiger partial charge is 0.0250 e. The standard InChI is InChI=1S/C14H16/c1-3-13(2)9-7-8-12-14-10-5-4-6-11-14/h3-6,8,10-12H,1-2,7,9H2/b12-8+. The van der Waals surface area contributed by atoms with E-state index in [0.717, 1.165) is 18.4 Å². The fourth-order valence-electron chi connectivity index (χ4n) is 1.15. The van der Waals surface area contributed by atoms with Gasteiger partial charge in [0.2, 0.25) is 0 Å². The van der Waals surface area contributed by atoms with Crippen LogP contribution >= 0.6 is 0 Å². The van der Waals surface area contributed by atoms with Crippen molar-refractivity contribution in [2.75, 3.05) is 0 Å². The van der Waals surface area contributed by atoms with Gasteiger partial charge in [-0.2, -0.15) is 0 Å². The van der Waals surface area contributed by atoms with Crippen molar-refractivity contribution >= 4 is 6.08 Å². The zero-order chi connectivity index (χ0) is 10.2. The van der Waals surface area contributed by atoms with Gasteiger partial charge in [0.05, 0.1) is 0 Å². The van der Waals surface area contributed by atoms with Crippen LogP contribution in [0.3, 0.4) is 0 Å². The maximum Gasteiger partial charge on any atom is -0.0250 e. The third-order valence-electron chi connectivity index (χ3n) is 2.03. The molecule has 0 aromatic heterocycles. The van der Waals surface area contributed by atoms with E-state index in [2.05, 4.69) is 37.4 Å². The Morgan fingerprint density at radius 3 is 2.57 bits per heavy atom. The Morgan fingerprint density at radius 1 is 1.21 bits per heavy atom. The highest BCUT2D eigenvalue weighted by molar-refractivity contribution is 5.48. The van der Waals surface area contributed by atoms with Crippen molar-refractivity contribution in [3.8, 4) is 0 Å². The van der Waals surface area contributed by atoms with Gasteiger partial charge in [0.15, 0.2) is 0 Å². The van der Waals surface area contributed by atoms with E-state index < -0.39 is 0 Å². The van der Waals surface area contributed by atoms with E-state index in [4.69, 9.17) is 0 Å². The maximum atomic E-state index is 3.87. The van der Waals surface area contributed by atoms with Gasteiger partial charge in [0.25, 0.3) is 0 Å². The molecule has 0 saturated carbocycles. The van der Waals surface area contributed by atoms with Gasteiger partial charge in [0, 0.05) is 0 Å². The zero-order valence-corrected chi connectivity index (χ0v) is 8.45. The minimum atomic E-state index is 0.993. The Bertz CT molecular complexity index is 317. The first-order valence-corrected chi connectivity index (χ1v) is 4.84. The molecule has 0 spiro atoms. The molecule has 72 valence electrons. The third kappa shape index (κ3) is 3.90. The summed E-state index contributed by atoms with van der Waals surface area (Å²) in [6.45, 7) is 7.54. The van der Waals surface area contributed by atoms with Crippen LogP contribution in [0.15, 0.2) is 61.2 Å². The summed E-state index contributed by atoms with van der Waals surface area (Å²) in [6, 6.07) is 10.3. The summed E-state index contributed by atoms with van der Waals surface area (Å²) in [6.07, 6.45) is 8.14. The van der Waals surface area contributed by atoms with Gasteiger partial charge in [0.1, 0.15) is 0 Å². The summed E-state index contributed by atoms with van der Waals surface area (Å²) < 4.78 is 0. The molecule has 0 aliphatic rings. The number of allylic oxidation sites excluding steroid dienone is 3. The van der Waals surface area contributed by atoms with Crippen molar-refractivity contribution in [1.29, 1.82) is 0 Å². The van der Waals surface area contributed by atoms with Crippen LogP contribution in [0.1, 0.15) is 18.4 Å². The first kappa shape index (κ1) is 10.5. The van der Waals surface area contributed by atoms with Crippen LogP contribution < -0.4 is 0 Å². The molecule has 0 bridgehead atoms. The lowest BCUT2D eigenvalue weighted by molar-refractivity contribution is 1.02. The van der Waals surface area contributed by atoms with Gasteiger partial charge in [-0.3, -0.25) is 0 Å². The van der Waals surface area contributed by atoms with Crippen LogP contribution in [0.2, 0.25) is 0 Å². The van der Waals surface area contributed by atoms with Crippen molar-refractivity contribution in [2.24, 2.45) is 0 Å². The quantitative estimate of drug-likeness (QED) is 0.601. The van der Waals surface area contributed by atoms with Gasteiger partial charge < -0.3 is 0 Å². The topological polar surface area (TPSA) is 0 Å². The van der Waals surface area contributed by atoms with Gasteiger partial charge in [-0.15, -0.1) is 0 Å². The molecular weight excluding hydrogens is 168 g/mol. The Morgan fingerprint density at radius 2 is 1.93 bits per heavy atom. The second-order valence-electron chi connectivity index (χ2n) is 3.21. The Kier molecular flexibility index (Phi) is 4.49. The van der Waals surface area contributed by atoms with E-state index in [1.807, 2.05) is 24.3 Å². The molecule has 0 atom stereocenters. The van der Waals surface area contributed by atoms with Gasteiger partial charge in [-0.1, -0.05) is 67.3 Å². The maximum absolute atomic E-state index is 3.87. The lowest BCUT2D eigenvalue weighted by Crippen LogP contribution is -1.74. The number of benzene rings is 1. The highest BCUT2D eigenvalue weighted by atomic mass is 13.9. The van der Waals surface area contributed by atoms with E-state index in [1.54, 1.807) is 0 Å². The summed E-state index contributed by atoms with van der Waals surface area (Å²) in [7, 11) is 0. The van der Waals surface area contributed by atoms with Crippen molar-refractivity contribution < 1.29 is 0 Å². The molecule has 0 saturated heterocycles. The fourth-order valence-corrected chi connectivity index (χ4v) is 1.15. The molecule has 0 unspecified atom stereocenters. The molecule has 0 aliphatic carbocycles. The van der Waals surface area contributed by atoms with Crippen molar-refractivity contribution in [2.45, 2.75) is 12.8 Å². The molecule has 0 nitrogen and oxygen atoms in total. The summed E-state index contributed by atoms with van der Waals surface area (Å²) in [4.78, 5) is 0. The molecule has 0 heteroatoms. The Balaban J connectivity index is 2.35. The molecule has 0 amide bonds. The second-order valence-corrected chi connectivity index (χ2v) is 3.21. The van der Waals surface area contributed by atoms with Crippen LogP contribution in [0.4, 0.5) is 0 Å². The summed E-state index contributed by atoms with van der Waals surface area (Å²) in [5.41, 5.74) is 2.35. The number of rotatable bonds is 5. The third-order valence-corrected chi connectivity index (χ3v) is 2.03. The molecule has 1 aromatic rings. The number of hydrogen-bond donors (Lipinski definition) is 0. The average Bonchev–Trinajstić information content (AvgIpc) is 2.25. The van der Waals surface area contributed by atoms with Crippen molar-refractivity contribution in [3.63, 3.8) is 0 Å². The largest absolute Gasteiger partial charge is 0.0988 e. The highest BCUT2D eigenvalue weighted by Gasteiger charge is 1.85. The Labute approximate surface area is 86.3 Å². The van der Waals surface area contributed by atoms with E-state index in [9.17, 15) is 0 Å². The normalized spacial score (nSPS) is 10.3. The van der Waals surface area contributed by atoms with Gasteiger partial charge in [-0.25, -0.2) is 0 Å². The fraction of sp³-hybridized carbons (Fsp3) is 0.143. The number of hydrogen-bond acceptors (Lipinski definition) is 0. The van der Waals surface area contributed by atoms with Crippen molar-refractivity contribution in [3.05, 3.63) is 66.8 Å². The lowest BCUT2D eigenvalue weighted by Gasteiger charge is -1.94. The zero-order valence-electron chi connectivity index (χ0n) is 8.45. The molecule has 1 rings (SSSR count). The van der Waals surface area contributed by atoms with Crippen molar-refractivity contribution in [1.82, 2.24) is 0 Å². The molecule has 0 heterocycles. The molecule has 0 fully saturated rings. The summed E-state index contributed by atoms with van der Waals surface area (Å²) in [5, 5.41) is 0. The van der Waals surface area contributed by atoms with Crippen LogP contribution in [0.5, 0.6) is 0 Å². The predicted octanol–water partition coefficient (Wildman–Crippen LogP) is 4.22. The van der Waals surface area contributed by atoms with E-state index in [1.165, 1.54) is 5.56 Å². The van der Waals surface area contributed by atoms with Crippen LogP contribution in [0, 0.1) is 0 Å². The van der Waals surface area contributed by atoms with Gasteiger partial charge in [-0.05, 0) is 18.4 Å². The SMILES string of the molecule is C=CC(=C)CC/C=C/c1ccccc1. The van der Waals surface area contributed by atoms with Crippen LogP contribution in [-0.4, -0.2) is 0 Å². The summed E-state index contributed by atoms with van der Waals surface area (Å²) >= 11 is 0. The van der Waals surface area contributed by atoms with Crippen LogP contribution in [-0.2, 0) is 0 Å². The van der Waals surface area contributed by atoms with E-state index >= 15 is 0 Å². The first-order valence-electron chi connectivity index (χ1n) is 4.84. The second kappa shape index (κ2) is 5.98. The Hall–Kier alpha value is -1.56. The lowest BCUT2D eigenvalue weighted by atomic mass is 10.1. The minimum Gasteiger partial charge on any atom is -0.0988 e. The molecule has 0 aliphatic heterocycles. The predicted molar refractivity (Wildman–Crippen MR) is 64.0 cm³/mol. The molecule has 0 radical (unpaired) electrons. The minimum absolute atomic E-state index is 0.993. The molecule has 14 heavy (non-hydrogen) atoms.